The van der Waals surface area contributed by atoms with Gasteiger partial charge in [-0.25, -0.2) is 0 Å². The standard InChI is InChI=1S/C12H25NO/c1-5-12(2,3)13(4)10-8-6-7-9-11(10)14/h10-11,14H,5-9H2,1-4H3/t10-,11-/m0/s1. The van der Waals surface area contributed by atoms with E-state index in [1.54, 1.807) is 0 Å². The van der Waals surface area contributed by atoms with Gasteiger partial charge in [-0.15, -0.1) is 0 Å². The Morgan fingerprint density at radius 2 is 1.86 bits per heavy atom. The van der Waals surface area contributed by atoms with Gasteiger partial charge in [-0.1, -0.05) is 19.8 Å². The van der Waals surface area contributed by atoms with Crippen molar-refractivity contribution in [3.8, 4) is 0 Å². The molecule has 1 aliphatic rings. The second-order valence-corrected chi connectivity index (χ2v) is 5.20. The zero-order chi connectivity index (χ0) is 10.8. The lowest BCUT2D eigenvalue weighted by Crippen LogP contribution is -2.52. The van der Waals surface area contributed by atoms with Crippen molar-refractivity contribution in [1.82, 2.24) is 4.90 Å². The van der Waals surface area contributed by atoms with Crippen LogP contribution in [0.15, 0.2) is 0 Å². The molecule has 0 aliphatic heterocycles. The molecule has 0 saturated heterocycles. The lowest BCUT2D eigenvalue weighted by atomic mass is 9.87. The highest BCUT2D eigenvalue weighted by molar-refractivity contribution is 4.89. The molecule has 84 valence electrons. The average molecular weight is 199 g/mol. The summed E-state index contributed by atoms with van der Waals surface area (Å²) < 4.78 is 0. The van der Waals surface area contributed by atoms with E-state index in [-0.39, 0.29) is 11.6 Å². The summed E-state index contributed by atoms with van der Waals surface area (Å²) in [6, 6.07) is 0.374. The molecule has 1 saturated carbocycles. The van der Waals surface area contributed by atoms with Gasteiger partial charge in [0, 0.05) is 11.6 Å². The minimum Gasteiger partial charge on any atom is -0.391 e. The van der Waals surface area contributed by atoms with Crippen LogP contribution in [0.2, 0.25) is 0 Å². The summed E-state index contributed by atoms with van der Waals surface area (Å²) in [6.45, 7) is 6.73. The third kappa shape index (κ3) is 2.48. The summed E-state index contributed by atoms with van der Waals surface area (Å²) in [5.41, 5.74) is 0.211. The van der Waals surface area contributed by atoms with Crippen LogP contribution >= 0.6 is 0 Å². The third-order valence-electron chi connectivity index (χ3n) is 4.01. The largest absolute Gasteiger partial charge is 0.391 e. The molecular formula is C12H25NO. The lowest BCUT2D eigenvalue weighted by molar-refractivity contribution is -0.0138. The van der Waals surface area contributed by atoms with Crippen LogP contribution in [0.1, 0.15) is 52.9 Å². The van der Waals surface area contributed by atoms with Gasteiger partial charge in [0.15, 0.2) is 0 Å². The van der Waals surface area contributed by atoms with Gasteiger partial charge >= 0.3 is 0 Å². The maximum atomic E-state index is 9.96. The molecule has 2 heteroatoms. The van der Waals surface area contributed by atoms with Crippen LogP contribution in [0.3, 0.4) is 0 Å². The smallest absolute Gasteiger partial charge is 0.0695 e. The summed E-state index contributed by atoms with van der Waals surface area (Å²) in [6.07, 6.45) is 5.62. The van der Waals surface area contributed by atoms with Gasteiger partial charge in [-0.3, -0.25) is 4.90 Å². The molecule has 1 aliphatic carbocycles. The molecule has 0 aromatic carbocycles. The van der Waals surface area contributed by atoms with Crippen LogP contribution in [0.25, 0.3) is 0 Å². The number of likely N-dealkylation sites (N-methyl/N-ethyl adjacent to an activating group) is 1. The van der Waals surface area contributed by atoms with Crippen molar-refractivity contribution in [2.75, 3.05) is 7.05 Å². The normalized spacial score (nSPS) is 29.6. The Hall–Kier alpha value is -0.0800. The fraction of sp³-hybridized carbons (Fsp3) is 1.00. The topological polar surface area (TPSA) is 23.5 Å². The van der Waals surface area contributed by atoms with Crippen molar-refractivity contribution in [3.05, 3.63) is 0 Å². The molecule has 0 unspecified atom stereocenters. The molecule has 2 nitrogen and oxygen atoms in total. The number of hydrogen-bond donors (Lipinski definition) is 1. The molecule has 0 radical (unpaired) electrons. The predicted octanol–water partition coefficient (Wildman–Crippen LogP) is 2.41. The van der Waals surface area contributed by atoms with Crippen LogP contribution in [-0.2, 0) is 0 Å². The van der Waals surface area contributed by atoms with Crippen molar-refractivity contribution < 1.29 is 5.11 Å². The molecular weight excluding hydrogens is 174 g/mol. The van der Waals surface area contributed by atoms with Gasteiger partial charge in [-0.2, -0.15) is 0 Å². The van der Waals surface area contributed by atoms with Crippen molar-refractivity contribution in [1.29, 1.82) is 0 Å². The Bertz CT molecular complexity index is 179. The molecule has 0 heterocycles. The number of nitrogens with zero attached hydrogens (tertiary/aromatic N) is 1. The highest BCUT2D eigenvalue weighted by Gasteiger charge is 2.33. The fourth-order valence-electron chi connectivity index (χ4n) is 2.24. The van der Waals surface area contributed by atoms with E-state index in [9.17, 15) is 5.11 Å². The first-order chi connectivity index (χ1) is 6.49. The van der Waals surface area contributed by atoms with Crippen LogP contribution in [0.5, 0.6) is 0 Å². The summed E-state index contributed by atoms with van der Waals surface area (Å²) in [5.74, 6) is 0. The van der Waals surface area contributed by atoms with Crippen LogP contribution in [0.4, 0.5) is 0 Å². The van der Waals surface area contributed by atoms with Gasteiger partial charge in [-0.05, 0) is 40.2 Å². The average Bonchev–Trinajstić information content (AvgIpc) is 2.17. The van der Waals surface area contributed by atoms with Crippen LogP contribution in [0, 0.1) is 0 Å². The fourth-order valence-corrected chi connectivity index (χ4v) is 2.24. The van der Waals surface area contributed by atoms with E-state index in [2.05, 4.69) is 32.7 Å². The summed E-state index contributed by atoms with van der Waals surface area (Å²) in [7, 11) is 2.16. The quantitative estimate of drug-likeness (QED) is 0.754. The molecule has 0 aromatic rings. The molecule has 0 aromatic heterocycles. The molecule has 1 fully saturated rings. The van der Waals surface area contributed by atoms with Gasteiger partial charge in [0.2, 0.25) is 0 Å². The third-order valence-corrected chi connectivity index (χ3v) is 4.01. The molecule has 1 rings (SSSR count). The number of aliphatic hydroxyl groups excluding tert-OH is 1. The Morgan fingerprint density at radius 3 is 2.36 bits per heavy atom. The minimum atomic E-state index is -0.112. The highest BCUT2D eigenvalue weighted by atomic mass is 16.3. The first-order valence-electron chi connectivity index (χ1n) is 5.90. The Morgan fingerprint density at radius 1 is 1.29 bits per heavy atom. The van der Waals surface area contributed by atoms with Crippen molar-refractivity contribution >= 4 is 0 Å². The monoisotopic (exact) mass is 199 g/mol. The molecule has 1 N–H and O–H groups in total. The Balaban J connectivity index is 2.62. The highest BCUT2D eigenvalue weighted by Crippen LogP contribution is 2.28. The van der Waals surface area contributed by atoms with E-state index < -0.39 is 0 Å². The number of rotatable bonds is 3. The molecule has 2 atom stereocenters. The van der Waals surface area contributed by atoms with E-state index in [0.29, 0.717) is 6.04 Å². The van der Waals surface area contributed by atoms with E-state index in [0.717, 1.165) is 19.3 Å². The van der Waals surface area contributed by atoms with Gasteiger partial charge < -0.3 is 5.11 Å². The molecule has 14 heavy (non-hydrogen) atoms. The van der Waals surface area contributed by atoms with Crippen LogP contribution < -0.4 is 0 Å². The summed E-state index contributed by atoms with van der Waals surface area (Å²) in [5, 5.41) is 9.96. The van der Waals surface area contributed by atoms with E-state index in [4.69, 9.17) is 0 Å². The van der Waals surface area contributed by atoms with Crippen molar-refractivity contribution in [3.63, 3.8) is 0 Å². The van der Waals surface area contributed by atoms with E-state index >= 15 is 0 Å². The van der Waals surface area contributed by atoms with E-state index in [1.165, 1.54) is 12.8 Å². The molecule has 0 amide bonds. The predicted molar refractivity (Wildman–Crippen MR) is 60.4 cm³/mol. The number of hydrogen-bond acceptors (Lipinski definition) is 2. The number of aliphatic hydroxyl groups is 1. The zero-order valence-electron chi connectivity index (χ0n) is 10.1. The summed E-state index contributed by atoms with van der Waals surface area (Å²) >= 11 is 0. The molecule has 0 bridgehead atoms. The zero-order valence-corrected chi connectivity index (χ0v) is 10.1. The van der Waals surface area contributed by atoms with Gasteiger partial charge in [0.25, 0.3) is 0 Å². The van der Waals surface area contributed by atoms with Gasteiger partial charge in [0.1, 0.15) is 0 Å². The molecule has 0 spiro atoms. The maximum absolute atomic E-state index is 9.96. The van der Waals surface area contributed by atoms with Crippen LogP contribution in [-0.4, -0.2) is 34.7 Å². The maximum Gasteiger partial charge on any atom is 0.0695 e. The second kappa shape index (κ2) is 4.63. The van der Waals surface area contributed by atoms with E-state index in [1.807, 2.05) is 0 Å². The second-order valence-electron chi connectivity index (χ2n) is 5.20. The Kier molecular flexibility index (Phi) is 3.96. The van der Waals surface area contributed by atoms with Gasteiger partial charge in [0.05, 0.1) is 6.10 Å². The minimum absolute atomic E-state index is 0.112. The van der Waals surface area contributed by atoms with Crippen molar-refractivity contribution in [2.24, 2.45) is 0 Å². The first-order valence-corrected chi connectivity index (χ1v) is 5.90. The first kappa shape index (κ1) is 12.0. The van der Waals surface area contributed by atoms with Crippen molar-refractivity contribution in [2.45, 2.75) is 70.6 Å². The summed E-state index contributed by atoms with van der Waals surface area (Å²) in [4.78, 5) is 2.37. The Labute approximate surface area is 88.3 Å². The SMILES string of the molecule is CCC(C)(C)N(C)[C@H]1CCCC[C@@H]1O. The lowest BCUT2D eigenvalue weighted by Gasteiger charge is -2.44.